The molecule has 7 nitrogen and oxygen atoms in total. The van der Waals surface area contributed by atoms with Crippen LogP contribution in [0.3, 0.4) is 0 Å². The lowest BCUT2D eigenvalue weighted by Gasteiger charge is -2.23. The summed E-state index contributed by atoms with van der Waals surface area (Å²) >= 11 is 0. The number of nitrogens with one attached hydrogen (secondary N) is 1. The average molecular weight is 277 g/mol. The van der Waals surface area contributed by atoms with Gasteiger partial charge in [-0.3, -0.25) is 10.2 Å². The van der Waals surface area contributed by atoms with Gasteiger partial charge in [-0.05, 0) is 20.8 Å². The zero-order valence-electron chi connectivity index (χ0n) is 12.1. The standard InChI is InChI=1S/C13H19N5O2/c1-9(2)17-5-6-18(8-17)13(19)16-12-14-10(3)7-11(15-12)20-4/h5-7,9H,8H2,1-4H3,(H,14,15,16,19). The Morgan fingerprint density at radius 3 is 2.75 bits per heavy atom. The Balaban J connectivity index is 2.02. The Labute approximate surface area is 118 Å². The lowest BCUT2D eigenvalue weighted by Crippen LogP contribution is -2.36. The molecule has 1 aliphatic rings. The van der Waals surface area contributed by atoms with Crippen molar-refractivity contribution < 1.29 is 9.53 Å². The summed E-state index contributed by atoms with van der Waals surface area (Å²) in [6.07, 6.45) is 3.63. The number of methoxy groups -OCH3 is 1. The molecule has 1 aromatic heterocycles. The predicted molar refractivity (Wildman–Crippen MR) is 75.2 cm³/mol. The summed E-state index contributed by atoms with van der Waals surface area (Å²) in [4.78, 5) is 24.0. The molecule has 0 fully saturated rings. The third-order valence-electron chi connectivity index (χ3n) is 2.94. The van der Waals surface area contributed by atoms with Crippen molar-refractivity contribution in [2.24, 2.45) is 0 Å². The van der Waals surface area contributed by atoms with E-state index in [0.29, 0.717) is 18.6 Å². The van der Waals surface area contributed by atoms with Crippen LogP contribution >= 0.6 is 0 Å². The van der Waals surface area contributed by atoms with Crippen LogP contribution in [0.2, 0.25) is 0 Å². The second-order valence-electron chi connectivity index (χ2n) is 4.82. The number of rotatable bonds is 3. The molecule has 0 radical (unpaired) electrons. The van der Waals surface area contributed by atoms with Crippen LogP contribution in [0, 0.1) is 6.92 Å². The van der Waals surface area contributed by atoms with Gasteiger partial charge in [0.15, 0.2) is 0 Å². The smallest absolute Gasteiger partial charge is 0.329 e. The number of urea groups is 1. The van der Waals surface area contributed by atoms with Crippen LogP contribution in [-0.4, -0.2) is 45.6 Å². The minimum absolute atomic E-state index is 0.239. The Bertz CT molecular complexity index is 529. The number of carbonyl (C=O) groups is 1. The average Bonchev–Trinajstić information content (AvgIpc) is 2.87. The van der Waals surface area contributed by atoms with E-state index in [1.165, 1.54) is 7.11 Å². The fourth-order valence-electron chi connectivity index (χ4n) is 1.77. The van der Waals surface area contributed by atoms with Gasteiger partial charge in [0, 0.05) is 30.2 Å². The van der Waals surface area contributed by atoms with Gasteiger partial charge in [0.2, 0.25) is 11.8 Å². The van der Waals surface area contributed by atoms with Crippen molar-refractivity contribution in [2.45, 2.75) is 26.8 Å². The minimum atomic E-state index is -0.267. The van der Waals surface area contributed by atoms with Crippen LogP contribution in [0.25, 0.3) is 0 Å². The number of aromatic nitrogens is 2. The second kappa shape index (κ2) is 5.77. The highest BCUT2D eigenvalue weighted by Gasteiger charge is 2.21. The maximum Gasteiger partial charge on any atom is 0.329 e. The van der Waals surface area contributed by atoms with Crippen molar-refractivity contribution in [3.05, 3.63) is 24.2 Å². The fourth-order valence-corrected chi connectivity index (χ4v) is 1.77. The van der Waals surface area contributed by atoms with Crippen LogP contribution in [0.15, 0.2) is 18.5 Å². The molecule has 20 heavy (non-hydrogen) atoms. The zero-order valence-corrected chi connectivity index (χ0v) is 12.1. The summed E-state index contributed by atoms with van der Waals surface area (Å²) < 4.78 is 5.05. The summed E-state index contributed by atoms with van der Waals surface area (Å²) in [7, 11) is 1.52. The molecule has 0 saturated heterocycles. The van der Waals surface area contributed by atoms with E-state index in [0.717, 1.165) is 5.69 Å². The Kier molecular flexibility index (Phi) is 4.07. The van der Waals surface area contributed by atoms with Crippen molar-refractivity contribution in [1.82, 2.24) is 19.8 Å². The van der Waals surface area contributed by atoms with Gasteiger partial charge in [-0.2, -0.15) is 4.98 Å². The van der Waals surface area contributed by atoms with E-state index in [1.54, 1.807) is 17.2 Å². The van der Waals surface area contributed by atoms with Gasteiger partial charge in [-0.15, -0.1) is 0 Å². The molecule has 0 aliphatic carbocycles. The third kappa shape index (κ3) is 3.17. The summed E-state index contributed by atoms with van der Waals surface area (Å²) in [6.45, 7) is 6.48. The fraction of sp³-hybridized carbons (Fsp3) is 0.462. The Morgan fingerprint density at radius 1 is 1.40 bits per heavy atom. The highest BCUT2D eigenvalue weighted by molar-refractivity contribution is 5.88. The SMILES string of the molecule is COc1cc(C)nc(NC(=O)N2C=CN(C(C)C)C2)n1. The van der Waals surface area contributed by atoms with Crippen LogP contribution in [-0.2, 0) is 0 Å². The lowest BCUT2D eigenvalue weighted by molar-refractivity contribution is 0.206. The number of ether oxygens (including phenoxy) is 1. The zero-order chi connectivity index (χ0) is 14.7. The monoisotopic (exact) mass is 277 g/mol. The van der Waals surface area contributed by atoms with Gasteiger partial charge in [0.25, 0.3) is 0 Å². The van der Waals surface area contributed by atoms with E-state index in [-0.39, 0.29) is 12.0 Å². The van der Waals surface area contributed by atoms with E-state index >= 15 is 0 Å². The maximum atomic E-state index is 12.1. The molecule has 108 valence electrons. The first kappa shape index (κ1) is 14.1. The topological polar surface area (TPSA) is 70.6 Å². The molecule has 0 unspecified atom stereocenters. The number of carbonyl (C=O) groups excluding carboxylic acids is 1. The van der Waals surface area contributed by atoms with Crippen LogP contribution in [0.5, 0.6) is 5.88 Å². The van der Waals surface area contributed by atoms with Gasteiger partial charge in [-0.1, -0.05) is 0 Å². The highest BCUT2D eigenvalue weighted by atomic mass is 16.5. The molecule has 7 heteroatoms. The summed E-state index contributed by atoms with van der Waals surface area (Å²) in [6, 6.07) is 1.78. The number of nitrogens with zero attached hydrogens (tertiary/aromatic N) is 4. The van der Waals surface area contributed by atoms with Crippen molar-refractivity contribution >= 4 is 12.0 Å². The number of amides is 2. The number of anilines is 1. The number of hydrogen-bond donors (Lipinski definition) is 1. The van der Waals surface area contributed by atoms with Gasteiger partial charge in [-0.25, -0.2) is 9.78 Å². The molecule has 1 N–H and O–H groups in total. The highest BCUT2D eigenvalue weighted by Crippen LogP contribution is 2.14. The molecule has 1 aliphatic heterocycles. The summed E-state index contributed by atoms with van der Waals surface area (Å²) in [5.41, 5.74) is 0.730. The normalized spacial score (nSPS) is 14.1. The van der Waals surface area contributed by atoms with E-state index in [9.17, 15) is 4.79 Å². The quantitative estimate of drug-likeness (QED) is 0.912. The van der Waals surface area contributed by atoms with Crippen LogP contribution in [0.1, 0.15) is 19.5 Å². The first-order valence-corrected chi connectivity index (χ1v) is 6.41. The molecule has 2 amide bonds. The van der Waals surface area contributed by atoms with Gasteiger partial charge in [0.1, 0.15) is 0 Å². The van der Waals surface area contributed by atoms with E-state index in [2.05, 4.69) is 34.0 Å². The number of aryl methyl sites for hydroxylation is 1. The largest absolute Gasteiger partial charge is 0.481 e. The first-order chi connectivity index (χ1) is 9.49. The first-order valence-electron chi connectivity index (χ1n) is 6.41. The predicted octanol–water partition coefficient (Wildman–Crippen LogP) is 1.78. The second-order valence-corrected chi connectivity index (χ2v) is 4.82. The van der Waals surface area contributed by atoms with Crippen LogP contribution in [0.4, 0.5) is 10.7 Å². The van der Waals surface area contributed by atoms with E-state index in [4.69, 9.17) is 4.74 Å². The molecule has 0 aromatic carbocycles. The van der Waals surface area contributed by atoms with Crippen molar-refractivity contribution in [3.8, 4) is 5.88 Å². The molecule has 0 saturated carbocycles. The van der Waals surface area contributed by atoms with Gasteiger partial charge >= 0.3 is 6.03 Å². The molecule has 0 bridgehead atoms. The van der Waals surface area contributed by atoms with Crippen molar-refractivity contribution in [1.29, 1.82) is 0 Å². The van der Waals surface area contributed by atoms with Crippen molar-refractivity contribution in [3.63, 3.8) is 0 Å². The van der Waals surface area contributed by atoms with E-state index < -0.39 is 0 Å². The molecule has 0 spiro atoms. The molecular formula is C13H19N5O2. The Hall–Kier alpha value is -2.31. The molecule has 0 atom stereocenters. The maximum absolute atomic E-state index is 12.1. The number of hydrogen-bond acceptors (Lipinski definition) is 5. The van der Waals surface area contributed by atoms with Gasteiger partial charge in [0.05, 0.1) is 13.8 Å². The summed E-state index contributed by atoms with van der Waals surface area (Å²) in [5.74, 6) is 0.664. The Morgan fingerprint density at radius 2 is 2.15 bits per heavy atom. The minimum Gasteiger partial charge on any atom is -0.481 e. The van der Waals surface area contributed by atoms with Crippen molar-refractivity contribution in [2.75, 3.05) is 19.1 Å². The van der Waals surface area contributed by atoms with Gasteiger partial charge < -0.3 is 9.64 Å². The third-order valence-corrected chi connectivity index (χ3v) is 2.94. The summed E-state index contributed by atoms with van der Waals surface area (Å²) in [5, 5.41) is 2.67. The molecule has 2 heterocycles. The molecule has 2 rings (SSSR count). The lowest BCUT2D eigenvalue weighted by atomic mass is 10.4. The molecule has 1 aromatic rings. The van der Waals surface area contributed by atoms with E-state index in [1.807, 2.05) is 13.1 Å². The molecular weight excluding hydrogens is 258 g/mol. The van der Waals surface area contributed by atoms with Crippen LogP contribution < -0.4 is 10.1 Å².